The van der Waals surface area contributed by atoms with Gasteiger partial charge in [0.15, 0.2) is 0 Å². The predicted octanol–water partition coefficient (Wildman–Crippen LogP) is 2.06. The number of hydrogen-bond donors (Lipinski definition) is 1. The smallest absolute Gasteiger partial charge is 0.246 e. The van der Waals surface area contributed by atoms with E-state index in [2.05, 4.69) is 40.4 Å². The average molecular weight is 344 g/mol. The maximum Gasteiger partial charge on any atom is 0.246 e. The molecule has 0 radical (unpaired) electrons. The fraction of sp³-hybridized carbons (Fsp3) is 0.474. The topological polar surface area (TPSA) is 59.4 Å². The monoisotopic (exact) mass is 344 g/mol. The second kappa shape index (κ2) is 8.67. The maximum atomic E-state index is 12.0. The van der Waals surface area contributed by atoms with Crippen LogP contribution in [0.25, 0.3) is 0 Å². The molecule has 1 unspecified atom stereocenters. The van der Waals surface area contributed by atoms with Crippen LogP contribution >= 0.6 is 0 Å². The number of rotatable bonds is 8. The summed E-state index contributed by atoms with van der Waals surface area (Å²) in [5.41, 5.74) is 4.60. The van der Waals surface area contributed by atoms with E-state index < -0.39 is 0 Å². The summed E-state index contributed by atoms with van der Waals surface area (Å²) in [7, 11) is 5.91. The van der Waals surface area contributed by atoms with Crippen LogP contribution in [0.1, 0.15) is 23.7 Å². The Morgan fingerprint density at radius 1 is 1.36 bits per heavy atom. The second-order valence-corrected chi connectivity index (χ2v) is 6.62. The van der Waals surface area contributed by atoms with Crippen LogP contribution in [0.15, 0.2) is 30.5 Å². The van der Waals surface area contributed by atoms with E-state index in [0.717, 1.165) is 12.1 Å². The number of nitrogens with one attached hydrogen (secondary N) is 1. The molecule has 0 aliphatic heterocycles. The SMILES string of the molecule is Cc1cc(N(C)C)ccc1CC(C)NC(=O)COCc1ccnn1C. The number of carbonyl (C=O) groups excluding carboxylic acids is 1. The van der Waals surface area contributed by atoms with E-state index in [0.29, 0.717) is 6.61 Å². The zero-order valence-electron chi connectivity index (χ0n) is 15.7. The molecular weight excluding hydrogens is 316 g/mol. The van der Waals surface area contributed by atoms with Gasteiger partial charge in [0, 0.05) is 39.1 Å². The molecular formula is C19H28N4O2. The Morgan fingerprint density at radius 3 is 2.72 bits per heavy atom. The van der Waals surface area contributed by atoms with Crippen molar-refractivity contribution in [3.8, 4) is 0 Å². The molecule has 0 bridgehead atoms. The molecule has 2 aromatic rings. The molecule has 25 heavy (non-hydrogen) atoms. The van der Waals surface area contributed by atoms with Gasteiger partial charge in [-0.05, 0) is 49.6 Å². The van der Waals surface area contributed by atoms with Crippen LogP contribution < -0.4 is 10.2 Å². The van der Waals surface area contributed by atoms with Crippen molar-refractivity contribution in [1.29, 1.82) is 0 Å². The molecule has 1 aromatic heterocycles. The van der Waals surface area contributed by atoms with Gasteiger partial charge in [0.1, 0.15) is 6.61 Å². The number of nitrogens with zero attached hydrogens (tertiary/aromatic N) is 3. The zero-order valence-corrected chi connectivity index (χ0v) is 15.7. The fourth-order valence-corrected chi connectivity index (χ4v) is 2.68. The van der Waals surface area contributed by atoms with Gasteiger partial charge in [0.05, 0.1) is 12.3 Å². The van der Waals surface area contributed by atoms with Gasteiger partial charge in [-0.25, -0.2) is 0 Å². The summed E-state index contributed by atoms with van der Waals surface area (Å²) in [6.45, 7) is 4.55. The summed E-state index contributed by atoms with van der Waals surface area (Å²) >= 11 is 0. The quantitative estimate of drug-likeness (QED) is 0.796. The van der Waals surface area contributed by atoms with Crippen molar-refractivity contribution in [3.63, 3.8) is 0 Å². The minimum absolute atomic E-state index is 0.0497. The molecule has 1 heterocycles. The summed E-state index contributed by atoms with van der Waals surface area (Å²) in [6.07, 6.45) is 2.51. The van der Waals surface area contributed by atoms with Crippen LogP contribution in [0.3, 0.4) is 0 Å². The van der Waals surface area contributed by atoms with Crippen molar-refractivity contribution < 1.29 is 9.53 Å². The van der Waals surface area contributed by atoms with Gasteiger partial charge < -0.3 is 15.0 Å². The molecule has 1 N–H and O–H groups in total. The van der Waals surface area contributed by atoms with Crippen LogP contribution in [-0.4, -0.2) is 42.4 Å². The van der Waals surface area contributed by atoms with E-state index in [1.54, 1.807) is 10.9 Å². The van der Waals surface area contributed by atoms with Gasteiger partial charge >= 0.3 is 0 Å². The first-order valence-corrected chi connectivity index (χ1v) is 8.47. The molecule has 6 nitrogen and oxygen atoms in total. The Hall–Kier alpha value is -2.34. The Bertz CT molecular complexity index is 709. The third-order valence-corrected chi connectivity index (χ3v) is 4.18. The number of aryl methyl sites for hydroxylation is 2. The van der Waals surface area contributed by atoms with Crippen LogP contribution in [-0.2, 0) is 29.6 Å². The molecule has 1 atom stereocenters. The fourth-order valence-electron chi connectivity index (χ4n) is 2.68. The molecule has 2 rings (SSSR count). The van der Waals surface area contributed by atoms with Crippen molar-refractivity contribution in [2.75, 3.05) is 25.6 Å². The lowest BCUT2D eigenvalue weighted by Crippen LogP contribution is -2.36. The molecule has 1 amide bonds. The van der Waals surface area contributed by atoms with E-state index in [1.807, 2.05) is 34.1 Å². The maximum absolute atomic E-state index is 12.0. The first kappa shape index (κ1) is 19.0. The van der Waals surface area contributed by atoms with E-state index in [1.165, 1.54) is 16.8 Å². The molecule has 0 saturated carbocycles. The molecule has 0 fully saturated rings. The summed E-state index contributed by atoms with van der Waals surface area (Å²) < 4.78 is 7.20. The Morgan fingerprint density at radius 2 is 2.12 bits per heavy atom. The molecule has 1 aromatic carbocycles. The molecule has 0 aliphatic rings. The summed E-state index contributed by atoms with van der Waals surface area (Å²) in [5.74, 6) is -0.0998. The highest BCUT2D eigenvalue weighted by Gasteiger charge is 2.11. The standard InChI is InChI=1S/C19H28N4O2/c1-14-10-17(22(3)4)7-6-16(14)11-15(2)21-19(24)13-25-12-18-8-9-20-23(18)5/h6-10,15H,11-13H2,1-5H3,(H,21,24). The molecule has 0 aliphatic carbocycles. The van der Waals surface area contributed by atoms with Gasteiger partial charge in [-0.1, -0.05) is 6.07 Å². The molecule has 0 saturated heterocycles. The first-order valence-electron chi connectivity index (χ1n) is 8.47. The number of amides is 1. The minimum atomic E-state index is -0.0998. The van der Waals surface area contributed by atoms with Crippen molar-refractivity contribution in [2.24, 2.45) is 7.05 Å². The molecule has 6 heteroatoms. The predicted molar refractivity (Wildman–Crippen MR) is 99.7 cm³/mol. The number of anilines is 1. The third kappa shape index (κ3) is 5.60. The van der Waals surface area contributed by atoms with E-state index in [9.17, 15) is 4.79 Å². The average Bonchev–Trinajstić information content (AvgIpc) is 2.94. The lowest BCUT2D eigenvalue weighted by Gasteiger charge is -2.18. The first-order chi connectivity index (χ1) is 11.9. The minimum Gasteiger partial charge on any atom is -0.378 e. The highest BCUT2D eigenvalue weighted by molar-refractivity contribution is 5.77. The number of hydrogen-bond acceptors (Lipinski definition) is 4. The number of benzene rings is 1. The third-order valence-electron chi connectivity index (χ3n) is 4.18. The van der Waals surface area contributed by atoms with Gasteiger partial charge in [0.25, 0.3) is 0 Å². The normalized spacial score (nSPS) is 12.0. The largest absolute Gasteiger partial charge is 0.378 e. The Kier molecular flexibility index (Phi) is 6.58. The number of carbonyl (C=O) groups is 1. The summed E-state index contributed by atoms with van der Waals surface area (Å²) in [5, 5.41) is 7.06. The molecule has 0 spiro atoms. The van der Waals surface area contributed by atoms with Gasteiger partial charge in [-0.3, -0.25) is 9.48 Å². The summed E-state index contributed by atoms with van der Waals surface area (Å²) in [6, 6.07) is 8.33. The van der Waals surface area contributed by atoms with Crippen molar-refractivity contribution in [1.82, 2.24) is 15.1 Å². The lowest BCUT2D eigenvalue weighted by atomic mass is 10.0. The highest BCUT2D eigenvalue weighted by Crippen LogP contribution is 2.18. The van der Waals surface area contributed by atoms with Crippen molar-refractivity contribution >= 4 is 11.6 Å². The van der Waals surface area contributed by atoms with Gasteiger partial charge in [-0.15, -0.1) is 0 Å². The summed E-state index contributed by atoms with van der Waals surface area (Å²) in [4.78, 5) is 14.1. The van der Waals surface area contributed by atoms with Gasteiger partial charge in [0.2, 0.25) is 5.91 Å². The zero-order chi connectivity index (χ0) is 18.4. The number of aromatic nitrogens is 2. The second-order valence-electron chi connectivity index (χ2n) is 6.62. The lowest BCUT2D eigenvalue weighted by molar-refractivity contribution is -0.126. The Balaban J connectivity index is 1.78. The van der Waals surface area contributed by atoms with Crippen LogP contribution in [0.5, 0.6) is 0 Å². The number of ether oxygens (including phenoxy) is 1. The van der Waals surface area contributed by atoms with E-state index >= 15 is 0 Å². The van der Waals surface area contributed by atoms with Crippen molar-refractivity contribution in [2.45, 2.75) is 32.9 Å². The van der Waals surface area contributed by atoms with E-state index in [-0.39, 0.29) is 18.6 Å². The molecule has 136 valence electrons. The van der Waals surface area contributed by atoms with E-state index in [4.69, 9.17) is 4.74 Å². The highest BCUT2D eigenvalue weighted by atomic mass is 16.5. The van der Waals surface area contributed by atoms with Crippen LogP contribution in [0.4, 0.5) is 5.69 Å². The Labute approximate surface area is 149 Å². The van der Waals surface area contributed by atoms with Crippen LogP contribution in [0.2, 0.25) is 0 Å². The van der Waals surface area contributed by atoms with Crippen molar-refractivity contribution in [3.05, 3.63) is 47.3 Å². The van der Waals surface area contributed by atoms with Crippen LogP contribution in [0, 0.1) is 6.92 Å². The van der Waals surface area contributed by atoms with Gasteiger partial charge in [-0.2, -0.15) is 5.10 Å².